The SMILES string of the molecule is CC1CN(C(=O)CCCOc2ccccc2[N+](=O)[O-])CC(C)O1. The molecule has 1 fully saturated rings. The number of hydrogen-bond donors (Lipinski definition) is 0. The summed E-state index contributed by atoms with van der Waals surface area (Å²) in [5.41, 5.74) is -0.0605. The van der Waals surface area contributed by atoms with Crippen LogP contribution in [0, 0.1) is 10.1 Å². The number of nitro benzene ring substituents is 1. The van der Waals surface area contributed by atoms with E-state index >= 15 is 0 Å². The van der Waals surface area contributed by atoms with Crippen molar-refractivity contribution >= 4 is 11.6 Å². The van der Waals surface area contributed by atoms with E-state index in [0.717, 1.165) is 0 Å². The van der Waals surface area contributed by atoms with E-state index in [2.05, 4.69) is 0 Å². The summed E-state index contributed by atoms with van der Waals surface area (Å²) in [6.07, 6.45) is 0.974. The molecule has 2 atom stereocenters. The molecule has 0 saturated carbocycles. The monoisotopic (exact) mass is 322 g/mol. The second kappa shape index (κ2) is 7.92. The number of ether oxygens (including phenoxy) is 2. The van der Waals surface area contributed by atoms with Gasteiger partial charge in [-0.1, -0.05) is 12.1 Å². The first kappa shape index (κ1) is 17.2. The van der Waals surface area contributed by atoms with Gasteiger partial charge in [0.05, 0.1) is 23.7 Å². The van der Waals surface area contributed by atoms with Crippen molar-refractivity contribution in [2.45, 2.75) is 38.9 Å². The van der Waals surface area contributed by atoms with Crippen molar-refractivity contribution in [3.8, 4) is 5.75 Å². The molecule has 1 aromatic rings. The van der Waals surface area contributed by atoms with Gasteiger partial charge in [-0.2, -0.15) is 0 Å². The minimum atomic E-state index is -0.475. The molecule has 1 amide bonds. The number of para-hydroxylation sites is 2. The fraction of sp³-hybridized carbons (Fsp3) is 0.562. The van der Waals surface area contributed by atoms with Crippen molar-refractivity contribution in [1.82, 2.24) is 4.90 Å². The molecule has 1 heterocycles. The van der Waals surface area contributed by atoms with Crippen LogP contribution >= 0.6 is 0 Å². The van der Waals surface area contributed by atoms with Gasteiger partial charge < -0.3 is 14.4 Å². The number of morpholine rings is 1. The standard InChI is InChI=1S/C16H22N2O5/c1-12-10-17(11-13(2)23-12)16(19)8-5-9-22-15-7-4-3-6-14(15)18(20)21/h3-4,6-7,12-13H,5,8-11H2,1-2H3. The first-order chi connectivity index (χ1) is 11.0. The first-order valence-corrected chi connectivity index (χ1v) is 7.77. The van der Waals surface area contributed by atoms with Crippen LogP contribution < -0.4 is 4.74 Å². The van der Waals surface area contributed by atoms with Gasteiger partial charge in [0.2, 0.25) is 5.91 Å². The number of nitrogens with zero attached hydrogens (tertiary/aromatic N) is 2. The average molecular weight is 322 g/mol. The smallest absolute Gasteiger partial charge is 0.310 e. The summed E-state index contributed by atoms with van der Waals surface area (Å²) < 4.78 is 11.0. The second-order valence-electron chi connectivity index (χ2n) is 5.73. The van der Waals surface area contributed by atoms with Crippen LogP contribution in [-0.4, -0.2) is 47.6 Å². The van der Waals surface area contributed by atoms with Crippen LogP contribution in [0.3, 0.4) is 0 Å². The van der Waals surface area contributed by atoms with Gasteiger partial charge in [-0.25, -0.2) is 0 Å². The molecule has 1 aromatic carbocycles. The van der Waals surface area contributed by atoms with Gasteiger partial charge in [-0.05, 0) is 26.3 Å². The van der Waals surface area contributed by atoms with Crippen LogP contribution in [0.4, 0.5) is 5.69 Å². The van der Waals surface area contributed by atoms with Crippen molar-refractivity contribution in [2.24, 2.45) is 0 Å². The van der Waals surface area contributed by atoms with Crippen molar-refractivity contribution in [1.29, 1.82) is 0 Å². The first-order valence-electron chi connectivity index (χ1n) is 7.77. The third-order valence-corrected chi connectivity index (χ3v) is 3.63. The summed E-state index contributed by atoms with van der Waals surface area (Å²) in [6.45, 7) is 5.38. The van der Waals surface area contributed by atoms with Crippen LogP contribution in [0.5, 0.6) is 5.75 Å². The Hall–Kier alpha value is -2.15. The lowest BCUT2D eigenvalue weighted by atomic mass is 10.2. The quantitative estimate of drug-likeness (QED) is 0.456. The maximum Gasteiger partial charge on any atom is 0.310 e. The third-order valence-electron chi connectivity index (χ3n) is 3.63. The summed E-state index contributed by atoms with van der Waals surface area (Å²) in [5, 5.41) is 10.9. The maximum absolute atomic E-state index is 12.2. The summed E-state index contributed by atoms with van der Waals surface area (Å²) in [7, 11) is 0. The highest BCUT2D eigenvalue weighted by molar-refractivity contribution is 5.76. The molecule has 1 aliphatic rings. The molecule has 0 aliphatic carbocycles. The van der Waals surface area contributed by atoms with E-state index in [1.54, 1.807) is 18.2 Å². The van der Waals surface area contributed by atoms with Crippen molar-refractivity contribution in [3.63, 3.8) is 0 Å². The molecule has 23 heavy (non-hydrogen) atoms. The lowest BCUT2D eigenvalue weighted by molar-refractivity contribution is -0.385. The van der Waals surface area contributed by atoms with Gasteiger partial charge in [-0.15, -0.1) is 0 Å². The lowest BCUT2D eigenvalue weighted by Crippen LogP contribution is -2.48. The predicted molar refractivity (Wildman–Crippen MR) is 84.4 cm³/mol. The molecular formula is C16H22N2O5. The third kappa shape index (κ3) is 4.92. The van der Waals surface area contributed by atoms with E-state index in [4.69, 9.17) is 9.47 Å². The van der Waals surface area contributed by atoms with Gasteiger partial charge in [0.25, 0.3) is 0 Å². The number of carbonyl (C=O) groups is 1. The highest BCUT2D eigenvalue weighted by atomic mass is 16.6. The highest BCUT2D eigenvalue weighted by Gasteiger charge is 2.25. The summed E-state index contributed by atoms with van der Waals surface area (Å²) in [4.78, 5) is 24.4. The Kier molecular flexibility index (Phi) is 5.92. The number of rotatable bonds is 6. The molecule has 126 valence electrons. The highest BCUT2D eigenvalue weighted by Crippen LogP contribution is 2.25. The number of carbonyl (C=O) groups excluding carboxylic acids is 1. The van der Waals surface area contributed by atoms with Gasteiger partial charge in [0.1, 0.15) is 0 Å². The number of amides is 1. The molecule has 7 heteroatoms. The molecule has 0 spiro atoms. The summed E-state index contributed by atoms with van der Waals surface area (Å²) >= 11 is 0. The molecule has 1 aliphatic heterocycles. The number of hydrogen-bond acceptors (Lipinski definition) is 5. The van der Waals surface area contributed by atoms with Crippen molar-refractivity contribution in [2.75, 3.05) is 19.7 Å². The second-order valence-corrected chi connectivity index (χ2v) is 5.73. The van der Waals surface area contributed by atoms with Crippen molar-refractivity contribution < 1.29 is 19.2 Å². The molecule has 0 bridgehead atoms. The average Bonchev–Trinajstić information content (AvgIpc) is 2.50. The zero-order valence-corrected chi connectivity index (χ0v) is 13.4. The van der Waals surface area contributed by atoms with Crippen LogP contribution in [0.1, 0.15) is 26.7 Å². The van der Waals surface area contributed by atoms with E-state index < -0.39 is 4.92 Å². The molecule has 0 aromatic heterocycles. The van der Waals surface area contributed by atoms with Crippen LogP contribution in [-0.2, 0) is 9.53 Å². The van der Waals surface area contributed by atoms with E-state index in [9.17, 15) is 14.9 Å². The minimum Gasteiger partial charge on any atom is -0.487 e. The predicted octanol–water partition coefficient (Wildman–Crippen LogP) is 2.39. The largest absolute Gasteiger partial charge is 0.487 e. The van der Waals surface area contributed by atoms with Gasteiger partial charge in [0.15, 0.2) is 5.75 Å². The molecule has 2 unspecified atom stereocenters. The topological polar surface area (TPSA) is 81.9 Å². The van der Waals surface area contributed by atoms with Crippen molar-refractivity contribution in [3.05, 3.63) is 34.4 Å². The van der Waals surface area contributed by atoms with E-state index in [-0.39, 0.29) is 36.2 Å². The van der Waals surface area contributed by atoms with Crippen LogP contribution in [0.15, 0.2) is 24.3 Å². The number of benzene rings is 1. The lowest BCUT2D eigenvalue weighted by Gasteiger charge is -2.35. The Morgan fingerprint density at radius 2 is 2.00 bits per heavy atom. The zero-order chi connectivity index (χ0) is 16.8. The van der Waals surface area contributed by atoms with E-state index in [1.165, 1.54) is 6.07 Å². The van der Waals surface area contributed by atoms with Gasteiger partial charge in [-0.3, -0.25) is 14.9 Å². The zero-order valence-electron chi connectivity index (χ0n) is 13.4. The van der Waals surface area contributed by atoms with E-state index in [0.29, 0.717) is 25.9 Å². The molecule has 2 rings (SSSR count). The molecule has 0 N–H and O–H groups in total. The van der Waals surface area contributed by atoms with Crippen LogP contribution in [0.25, 0.3) is 0 Å². The fourth-order valence-electron chi connectivity index (χ4n) is 2.68. The summed E-state index contributed by atoms with van der Waals surface area (Å²) in [5.74, 6) is 0.303. The Labute approximate surface area is 135 Å². The minimum absolute atomic E-state index is 0.0471. The van der Waals surface area contributed by atoms with E-state index in [1.807, 2.05) is 18.7 Å². The molecule has 7 nitrogen and oxygen atoms in total. The Morgan fingerprint density at radius 1 is 1.35 bits per heavy atom. The Bertz CT molecular complexity index is 553. The molecule has 1 saturated heterocycles. The fourth-order valence-corrected chi connectivity index (χ4v) is 2.68. The Morgan fingerprint density at radius 3 is 2.65 bits per heavy atom. The van der Waals surface area contributed by atoms with Crippen LogP contribution in [0.2, 0.25) is 0 Å². The molecular weight excluding hydrogens is 300 g/mol. The summed E-state index contributed by atoms with van der Waals surface area (Å²) in [6, 6.07) is 6.24. The van der Waals surface area contributed by atoms with Gasteiger partial charge >= 0.3 is 5.69 Å². The van der Waals surface area contributed by atoms with Gasteiger partial charge in [0, 0.05) is 25.6 Å². The normalized spacial score (nSPS) is 21.0. The molecule has 0 radical (unpaired) electrons. The Balaban J connectivity index is 1.77. The number of nitro groups is 1. The maximum atomic E-state index is 12.2.